The van der Waals surface area contributed by atoms with Crippen LogP contribution in [0.5, 0.6) is 0 Å². The highest BCUT2D eigenvalue weighted by atomic mass is 16.5. The number of morpholine rings is 1. The SMILES string of the molecule is CC1(C)COCC(C(=O)O)N1. The van der Waals surface area contributed by atoms with Crippen molar-refractivity contribution in [2.24, 2.45) is 0 Å². The lowest BCUT2D eigenvalue weighted by Gasteiger charge is -2.34. The highest BCUT2D eigenvalue weighted by Gasteiger charge is 2.31. The molecule has 64 valence electrons. The largest absolute Gasteiger partial charge is 0.480 e. The zero-order chi connectivity index (χ0) is 8.48. The molecule has 4 heteroatoms. The molecule has 1 unspecified atom stereocenters. The number of carboxylic acid groups (broad SMARTS) is 1. The Labute approximate surface area is 65.5 Å². The minimum Gasteiger partial charge on any atom is -0.480 e. The Morgan fingerprint density at radius 1 is 1.73 bits per heavy atom. The van der Waals surface area contributed by atoms with Crippen LogP contribution < -0.4 is 5.32 Å². The molecule has 1 rings (SSSR count). The van der Waals surface area contributed by atoms with Gasteiger partial charge in [-0.05, 0) is 13.8 Å². The molecule has 11 heavy (non-hydrogen) atoms. The van der Waals surface area contributed by atoms with Crippen molar-refractivity contribution < 1.29 is 14.6 Å². The third kappa shape index (κ3) is 2.17. The molecular formula is C7H13NO3. The predicted molar refractivity (Wildman–Crippen MR) is 39.5 cm³/mol. The zero-order valence-corrected chi connectivity index (χ0v) is 6.76. The van der Waals surface area contributed by atoms with Crippen molar-refractivity contribution in [3.05, 3.63) is 0 Å². The third-order valence-electron chi connectivity index (χ3n) is 1.61. The number of nitrogens with one attached hydrogen (secondary N) is 1. The molecule has 0 aromatic carbocycles. The van der Waals surface area contributed by atoms with Crippen molar-refractivity contribution in [3.63, 3.8) is 0 Å². The fourth-order valence-electron chi connectivity index (χ4n) is 1.12. The number of ether oxygens (including phenoxy) is 1. The molecule has 0 spiro atoms. The molecule has 0 amide bonds. The second-order valence-electron chi connectivity index (χ2n) is 3.43. The van der Waals surface area contributed by atoms with Gasteiger partial charge in [0.05, 0.1) is 13.2 Å². The van der Waals surface area contributed by atoms with Crippen molar-refractivity contribution in [3.8, 4) is 0 Å². The Morgan fingerprint density at radius 2 is 2.36 bits per heavy atom. The Balaban J connectivity index is 2.53. The van der Waals surface area contributed by atoms with Crippen LogP contribution in [0.4, 0.5) is 0 Å². The molecular weight excluding hydrogens is 146 g/mol. The van der Waals surface area contributed by atoms with E-state index in [1.54, 1.807) is 0 Å². The monoisotopic (exact) mass is 159 g/mol. The van der Waals surface area contributed by atoms with Crippen LogP contribution in [0.15, 0.2) is 0 Å². The lowest BCUT2D eigenvalue weighted by Crippen LogP contribution is -2.58. The maximum absolute atomic E-state index is 10.5. The van der Waals surface area contributed by atoms with Gasteiger partial charge in [0, 0.05) is 5.54 Å². The molecule has 0 aromatic heterocycles. The average Bonchev–Trinajstić information content (AvgIpc) is 1.85. The van der Waals surface area contributed by atoms with E-state index in [1.165, 1.54) is 0 Å². The number of hydrogen-bond donors (Lipinski definition) is 2. The van der Waals surface area contributed by atoms with E-state index in [2.05, 4.69) is 5.32 Å². The minimum absolute atomic E-state index is 0.221. The fourth-order valence-corrected chi connectivity index (χ4v) is 1.12. The molecule has 0 saturated carbocycles. The van der Waals surface area contributed by atoms with Crippen LogP contribution in [0.2, 0.25) is 0 Å². The van der Waals surface area contributed by atoms with Gasteiger partial charge in [0.2, 0.25) is 0 Å². The van der Waals surface area contributed by atoms with Gasteiger partial charge in [0.15, 0.2) is 0 Å². The number of carbonyl (C=O) groups is 1. The highest BCUT2D eigenvalue weighted by molar-refractivity contribution is 5.73. The molecule has 0 aliphatic carbocycles. The van der Waals surface area contributed by atoms with Gasteiger partial charge in [0.1, 0.15) is 6.04 Å². The van der Waals surface area contributed by atoms with E-state index < -0.39 is 12.0 Å². The van der Waals surface area contributed by atoms with Crippen molar-refractivity contribution in [1.82, 2.24) is 5.32 Å². The minimum atomic E-state index is -0.849. The van der Waals surface area contributed by atoms with Crippen molar-refractivity contribution >= 4 is 5.97 Å². The van der Waals surface area contributed by atoms with Crippen LogP contribution in [0, 0.1) is 0 Å². The first-order valence-electron chi connectivity index (χ1n) is 3.59. The maximum Gasteiger partial charge on any atom is 0.323 e. The van der Waals surface area contributed by atoms with Crippen LogP contribution in [-0.4, -0.2) is 35.9 Å². The van der Waals surface area contributed by atoms with E-state index in [0.717, 1.165) is 0 Å². The molecule has 1 fully saturated rings. The standard InChI is InChI=1S/C7H13NO3/c1-7(2)4-11-3-5(8-7)6(9)10/h5,8H,3-4H2,1-2H3,(H,9,10). The number of aliphatic carboxylic acids is 1. The van der Waals surface area contributed by atoms with E-state index in [9.17, 15) is 4.79 Å². The Morgan fingerprint density at radius 3 is 2.73 bits per heavy atom. The van der Waals surface area contributed by atoms with Gasteiger partial charge in [-0.15, -0.1) is 0 Å². The molecule has 1 aliphatic heterocycles. The van der Waals surface area contributed by atoms with E-state index in [1.807, 2.05) is 13.8 Å². The lowest BCUT2D eigenvalue weighted by molar-refractivity contribution is -0.144. The van der Waals surface area contributed by atoms with E-state index in [4.69, 9.17) is 9.84 Å². The molecule has 1 atom stereocenters. The zero-order valence-electron chi connectivity index (χ0n) is 6.76. The first-order valence-corrected chi connectivity index (χ1v) is 3.59. The number of carboxylic acids is 1. The molecule has 1 saturated heterocycles. The summed E-state index contributed by atoms with van der Waals surface area (Å²) in [6.45, 7) is 4.67. The van der Waals surface area contributed by atoms with Gasteiger partial charge in [-0.3, -0.25) is 10.1 Å². The van der Waals surface area contributed by atoms with Crippen molar-refractivity contribution in [2.75, 3.05) is 13.2 Å². The molecule has 1 heterocycles. The summed E-state index contributed by atoms with van der Waals surface area (Å²) in [5, 5.41) is 11.6. The van der Waals surface area contributed by atoms with Gasteiger partial charge in [-0.25, -0.2) is 0 Å². The van der Waals surface area contributed by atoms with Crippen molar-refractivity contribution in [2.45, 2.75) is 25.4 Å². The van der Waals surface area contributed by atoms with Crippen LogP contribution >= 0.6 is 0 Å². The van der Waals surface area contributed by atoms with Gasteiger partial charge in [-0.1, -0.05) is 0 Å². The third-order valence-corrected chi connectivity index (χ3v) is 1.61. The summed E-state index contributed by atoms with van der Waals surface area (Å²) in [4.78, 5) is 10.5. The molecule has 0 radical (unpaired) electrons. The smallest absolute Gasteiger partial charge is 0.323 e. The van der Waals surface area contributed by atoms with Crippen LogP contribution in [0.3, 0.4) is 0 Å². The van der Waals surface area contributed by atoms with E-state index in [-0.39, 0.29) is 12.1 Å². The summed E-state index contributed by atoms with van der Waals surface area (Å²) in [5.74, 6) is -0.849. The van der Waals surface area contributed by atoms with Crippen LogP contribution in [0.1, 0.15) is 13.8 Å². The second-order valence-corrected chi connectivity index (χ2v) is 3.43. The summed E-state index contributed by atoms with van der Waals surface area (Å²) >= 11 is 0. The summed E-state index contributed by atoms with van der Waals surface area (Å²) < 4.78 is 5.12. The average molecular weight is 159 g/mol. The fraction of sp³-hybridized carbons (Fsp3) is 0.857. The summed E-state index contributed by atoms with van der Waals surface area (Å²) in [5.41, 5.74) is -0.221. The first-order chi connectivity index (χ1) is 5.01. The van der Waals surface area contributed by atoms with Crippen LogP contribution in [-0.2, 0) is 9.53 Å². The summed E-state index contributed by atoms with van der Waals surface area (Å²) in [7, 11) is 0. The van der Waals surface area contributed by atoms with E-state index >= 15 is 0 Å². The number of hydrogen-bond acceptors (Lipinski definition) is 3. The molecule has 4 nitrogen and oxygen atoms in total. The van der Waals surface area contributed by atoms with Gasteiger partial charge < -0.3 is 9.84 Å². The van der Waals surface area contributed by atoms with Gasteiger partial charge >= 0.3 is 5.97 Å². The molecule has 0 aromatic rings. The first kappa shape index (κ1) is 8.49. The quantitative estimate of drug-likeness (QED) is 0.558. The van der Waals surface area contributed by atoms with Crippen molar-refractivity contribution in [1.29, 1.82) is 0 Å². The molecule has 0 bridgehead atoms. The summed E-state index contributed by atoms with van der Waals surface area (Å²) in [6.07, 6.45) is 0. The van der Waals surface area contributed by atoms with Gasteiger partial charge in [0.25, 0.3) is 0 Å². The second kappa shape index (κ2) is 2.79. The van der Waals surface area contributed by atoms with E-state index in [0.29, 0.717) is 6.61 Å². The van der Waals surface area contributed by atoms with Crippen LogP contribution in [0.25, 0.3) is 0 Å². The highest BCUT2D eigenvalue weighted by Crippen LogP contribution is 2.10. The Hall–Kier alpha value is -0.610. The topological polar surface area (TPSA) is 58.6 Å². The maximum atomic E-state index is 10.5. The summed E-state index contributed by atoms with van der Waals surface area (Å²) in [6, 6.07) is -0.557. The van der Waals surface area contributed by atoms with Gasteiger partial charge in [-0.2, -0.15) is 0 Å². The molecule has 2 N–H and O–H groups in total. The molecule has 1 aliphatic rings. The normalized spacial score (nSPS) is 29.8. The Bertz CT molecular complexity index is 167. The predicted octanol–water partition coefficient (Wildman–Crippen LogP) is -0.162. The lowest BCUT2D eigenvalue weighted by atomic mass is 10.0. The Kier molecular flexibility index (Phi) is 2.15. The number of rotatable bonds is 1.